The van der Waals surface area contributed by atoms with Gasteiger partial charge in [0, 0.05) is 11.1 Å². The summed E-state index contributed by atoms with van der Waals surface area (Å²) < 4.78 is 0. The Bertz CT molecular complexity index is 654. The molecule has 0 bridgehead atoms. The number of benzene rings is 2. The Hall–Kier alpha value is -1.89. The molecule has 2 aromatic carbocycles. The van der Waals surface area contributed by atoms with Gasteiger partial charge in [-0.2, -0.15) is 0 Å². The van der Waals surface area contributed by atoms with Crippen LogP contribution in [0.5, 0.6) is 0 Å². The standard InChI is InChI=1S/C14H11N/c1-9-7-12-11-5-3-4-6-13(11)15-14(12)8-10(9)2/h3-8H,1H2,2H3. The quantitative estimate of drug-likeness (QED) is 0.519. The van der Waals surface area contributed by atoms with Gasteiger partial charge < -0.3 is 0 Å². The summed E-state index contributed by atoms with van der Waals surface area (Å²) in [6.07, 6.45) is 0. The van der Waals surface area contributed by atoms with E-state index in [9.17, 15) is 0 Å². The van der Waals surface area contributed by atoms with Gasteiger partial charge in [-0.25, -0.2) is 4.99 Å². The molecule has 0 saturated heterocycles. The summed E-state index contributed by atoms with van der Waals surface area (Å²) in [7, 11) is 0. The van der Waals surface area contributed by atoms with E-state index in [1.54, 1.807) is 0 Å². The smallest absolute Gasteiger partial charge is 0.0719 e. The number of fused-ring (bicyclic) bond motifs is 3. The summed E-state index contributed by atoms with van der Waals surface area (Å²) in [4.78, 5) is 4.59. The number of hydrogen-bond donors (Lipinski definition) is 0. The lowest BCUT2D eigenvalue weighted by Crippen LogP contribution is -2.12. The van der Waals surface area contributed by atoms with Gasteiger partial charge >= 0.3 is 0 Å². The van der Waals surface area contributed by atoms with Gasteiger partial charge in [0.05, 0.1) is 11.0 Å². The van der Waals surface area contributed by atoms with Crippen molar-refractivity contribution >= 4 is 12.3 Å². The van der Waals surface area contributed by atoms with Crippen molar-refractivity contribution in [2.24, 2.45) is 4.99 Å². The maximum atomic E-state index is 4.59. The van der Waals surface area contributed by atoms with E-state index >= 15 is 0 Å². The molecule has 72 valence electrons. The Morgan fingerprint density at radius 1 is 1.07 bits per heavy atom. The summed E-state index contributed by atoms with van der Waals surface area (Å²) in [5, 5.41) is 2.15. The van der Waals surface area contributed by atoms with Crippen molar-refractivity contribution in [1.82, 2.24) is 0 Å². The average molecular weight is 193 g/mol. The van der Waals surface area contributed by atoms with Crippen LogP contribution in [0.4, 0.5) is 5.69 Å². The van der Waals surface area contributed by atoms with Gasteiger partial charge in [0.25, 0.3) is 0 Å². The van der Waals surface area contributed by atoms with E-state index in [-0.39, 0.29) is 0 Å². The molecule has 2 aromatic rings. The molecular weight excluding hydrogens is 182 g/mol. The molecule has 0 spiro atoms. The molecule has 0 atom stereocenters. The fourth-order valence-corrected chi connectivity index (χ4v) is 1.97. The minimum atomic E-state index is 1.07. The van der Waals surface area contributed by atoms with E-state index < -0.39 is 0 Å². The van der Waals surface area contributed by atoms with Gasteiger partial charge in [0.2, 0.25) is 0 Å². The van der Waals surface area contributed by atoms with Crippen LogP contribution in [-0.4, -0.2) is 0 Å². The van der Waals surface area contributed by atoms with E-state index in [0.29, 0.717) is 0 Å². The molecule has 0 amide bonds. The lowest BCUT2D eigenvalue weighted by molar-refractivity contribution is 1.34. The molecule has 0 saturated carbocycles. The molecule has 0 unspecified atom stereocenters. The SMILES string of the molecule is C=c1cc2c(cc1C)=Nc1ccccc1-2. The third-order valence-electron chi connectivity index (χ3n) is 2.89. The van der Waals surface area contributed by atoms with E-state index in [2.05, 4.69) is 36.7 Å². The highest BCUT2D eigenvalue weighted by Crippen LogP contribution is 2.31. The van der Waals surface area contributed by atoms with E-state index in [0.717, 1.165) is 16.3 Å². The second kappa shape index (κ2) is 2.80. The fourth-order valence-electron chi connectivity index (χ4n) is 1.97. The number of hydrogen-bond acceptors (Lipinski definition) is 1. The molecule has 0 aromatic heterocycles. The molecule has 1 aliphatic rings. The molecule has 1 heterocycles. The van der Waals surface area contributed by atoms with Gasteiger partial charge in [-0.05, 0) is 35.9 Å². The minimum absolute atomic E-state index is 1.07. The first-order chi connectivity index (χ1) is 7.25. The second-order valence-electron chi connectivity index (χ2n) is 3.92. The van der Waals surface area contributed by atoms with Crippen LogP contribution < -0.4 is 10.6 Å². The van der Waals surface area contributed by atoms with Crippen molar-refractivity contribution in [2.45, 2.75) is 6.92 Å². The third kappa shape index (κ3) is 1.13. The van der Waals surface area contributed by atoms with Gasteiger partial charge in [0.1, 0.15) is 0 Å². The Kier molecular flexibility index (Phi) is 1.57. The van der Waals surface area contributed by atoms with Crippen molar-refractivity contribution in [2.75, 3.05) is 0 Å². The molecule has 1 aliphatic heterocycles. The van der Waals surface area contributed by atoms with Crippen LogP contribution in [-0.2, 0) is 0 Å². The normalized spacial score (nSPS) is 11.8. The molecule has 0 aliphatic carbocycles. The highest BCUT2D eigenvalue weighted by atomic mass is 14.8. The first-order valence-corrected chi connectivity index (χ1v) is 5.03. The summed E-state index contributed by atoms with van der Waals surface area (Å²) in [5.74, 6) is 0. The second-order valence-corrected chi connectivity index (χ2v) is 3.92. The Morgan fingerprint density at radius 3 is 2.73 bits per heavy atom. The molecule has 15 heavy (non-hydrogen) atoms. The predicted molar refractivity (Wildman–Crippen MR) is 62.6 cm³/mol. The minimum Gasteiger partial charge on any atom is -0.248 e. The molecular formula is C14H11N. The molecule has 1 heteroatoms. The van der Waals surface area contributed by atoms with Crippen LogP contribution >= 0.6 is 0 Å². The monoisotopic (exact) mass is 193 g/mol. The summed E-state index contributed by atoms with van der Waals surface area (Å²) in [5.41, 5.74) is 4.70. The molecule has 0 radical (unpaired) electrons. The number of rotatable bonds is 0. The Labute approximate surface area is 88.4 Å². The summed E-state index contributed by atoms with van der Waals surface area (Å²) in [6.45, 7) is 6.10. The van der Waals surface area contributed by atoms with Crippen LogP contribution in [0.3, 0.4) is 0 Å². The van der Waals surface area contributed by atoms with Crippen LogP contribution in [0, 0.1) is 6.92 Å². The van der Waals surface area contributed by atoms with Crippen LogP contribution in [0.2, 0.25) is 0 Å². The number of nitrogens with zero attached hydrogens (tertiary/aromatic N) is 1. The zero-order chi connectivity index (χ0) is 10.4. The largest absolute Gasteiger partial charge is 0.248 e. The predicted octanol–water partition coefficient (Wildman–Crippen LogP) is 2.34. The number of para-hydroxylation sites is 1. The zero-order valence-electron chi connectivity index (χ0n) is 8.62. The van der Waals surface area contributed by atoms with Crippen molar-refractivity contribution in [3.8, 4) is 11.1 Å². The zero-order valence-corrected chi connectivity index (χ0v) is 8.62. The van der Waals surface area contributed by atoms with Crippen LogP contribution in [0.25, 0.3) is 17.7 Å². The average Bonchev–Trinajstić information content (AvgIpc) is 2.57. The summed E-state index contributed by atoms with van der Waals surface area (Å²) >= 11 is 0. The third-order valence-corrected chi connectivity index (χ3v) is 2.89. The fraction of sp³-hybridized carbons (Fsp3) is 0.0714. The molecule has 1 nitrogen and oxygen atoms in total. The lowest BCUT2D eigenvalue weighted by Gasteiger charge is -1.99. The van der Waals surface area contributed by atoms with Gasteiger partial charge in [-0.3, -0.25) is 0 Å². The maximum absolute atomic E-state index is 4.59. The highest BCUT2D eigenvalue weighted by molar-refractivity contribution is 5.79. The molecule has 0 N–H and O–H groups in total. The van der Waals surface area contributed by atoms with Crippen LogP contribution in [0.15, 0.2) is 41.4 Å². The topological polar surface area (TPSA) is 12.4 Å². The number of aryl methyl sites for hydroxylation is 1. The van der Waals surface area contributed by atoms with Crippen molar-refractivity contribution in [3.05, 3.63) is 52.5 Å². The molecule has 0 fully saturated rings. The first-order valence-electron chi connectivity index (χ1n) is 5.03. The van der Waals surface area contributed by atoms with Gasteiger partial charge in [-0.1, -0.05) is 24.8 Å². The van der Waals surface area contributed by atoms with Gasteiger partial charge in [0.15, 0.2) is 0 Å². The lowest BCUT2D eigenvalue weighted by atomic mass is 10.0. The van der Waals surface area contributed by atoms with E-state index in [4.69, 9.17) is 0 Å². The van der Waals surface area contributed by atoms with Crippen molar-refractivity contribution < 1.29 is 0 Å². The van der Waals surface area contributed by atoms with E-state index in [1.807, 2.05) is 18.2 Å². The van der Waals surface area contributed by atoms with E-state index in [1.165, 1.54) is 16.7 Å². The maximum Gasteiger partial charge on any atom is 0.0719 e. The first kappa shape index (κ1) is 8.42. The highest BCUT2D eigenvalue weighted by Gasteiger charge is 2.12. The van der Waals surface area contributed by atoms with Crippen LogP contribution in [0.1, 0.15) is 5.56 Å². The molecule has 3 rings (SSSR count). The summed E-state index contributed by atoms with van der Waals surface area (Å²) in [6, 6.07) is 12.5. The Morgan fingerprint density at radius 2 is 1.87 bits per heavy atom. The van der Waals surface area contributed by atoms with Gasteiger partial charge in [-0.15, -0.1) is 0 Å². The Balaban J connectivity index is 2.44. The van der Waals surface area contributed by atoms with Crippen molar-refractivity contribution in [3.63, 3.8) is 0 Å². The van der Waals surface area contributed by atoms with Crippen molar-refractivity contribution in [1.29, 1.82) is 0 Å².